The van der Waals surface area contributed by atoms with Gasteiger partial charge in [0.05, 0.1) is 5.02 Å². The number of hydrogen-bond acceptors (Lipinski definition) is 2. The third-order valence-corrected chi connectivity index (χ3v) is 6.86. The molecule has 2 rings (SSSR count). The fraction of sp³-hybridized carbons (Fsp3) is 0.571. The maximum Gasteiger partial charge on any atom is 0.244 e. The van der Waals surface area contributed by atoms with Crippen molar-refractivity contribution in [2.75, 3.05) is 12.4 Å². The minimum absolute atomic E-state index is 0.0298. The van der Waals surface area contributed by atoms with Gasteiger partial charge >= 0.3 is 0 Å². The summed E-state index contributed by atoms with van der Waals surface area (Å²) in [6.45, 7) is 0.320. The lowest BCUT2D eigenvalue weighted by molar-refractivity contribution is 0.262. The third kappa shape index (κ3) is 4.14. The summed E-state index contributed by atoms with van der Waals surface area (Å²) < 4.78 is 28.1. The second-order valence-electron chi connectivity index (χ2n) is 5.17. The molecule has 0 amide bonds. The van der Waals surface area contributed by atoms with E-state index in [4.69, 9.17) is 23.2 Å². The van der Waals surface area contributed by atoms with Crippen LogP contribution in [0.1, 0.15) is 32.1 Å². The van der Waals surface area contributed by atoms with Gasteiger partial charge in [-0.1, -0.05) is 46.8 Å². The van der Waals surface area contributed by atoms with Crippen molar-refractivity contribution in [2.45, 2.75) is 43.0 Å². The fourth-order valence-electron chi connectivity index (χ4n) is 2.76. The van der Waals surface area contributed by atoms with Gasteiger partial charge in [-0.25, -0.2) is 8.42 Å². The van der Waals surface area contributed by atoms with E-state index in [-0.39, 0.29) is 21.8 Å². The molecule has 0 N–H and O–H groups in total. The summed E-state index contributed by atoms with van der Waals surface area (Å²) in [5.41, 5.74) is 0. The molecule has 1 aromatic rings. The summed E-state index contributed by atoms with van der Waals surface area (Å²) >= 11 is 15.2. The average Bonchev–Trinajstić information content (AvgIpc) is 2.45. The number of alkyl halides is 1. The Balaban J connectivity index is 2.36. The van der Waals surface area contributed by atoms with Gasteiger partial charge in [0.15, 0.2) is 0 Å². The molecule has 118 valence electrons. The van der Waals surface area contributed by atoms with E-state index < -0.39 is 10.0 Å². The Hall–Kier alpha value is 0.190. The zero-order valence-corrected chi connectivity index (χ0v) is 15.5. The first-order chi connectivity index (χ1) is 9.96. The first kappa shape index (κ1) is 17.5. The molecular weight excluding hydrogens is 397 g/mol. The molecule has 0 aliphatic heterocycles. The summed E-state index contributed by atoms with van der Waals surface area (Å²) in [6.07, 6.45) is 5.08. The highest BCUT2D eigenvalue weighted by molar-refractivity contribution is 9.10. The maximum absolute atomic E-state index is 12.9. The number of nitrogens with zero attached hydrogens (tertiary/aromatic N) is 1. The van der Waals surface area contributed by atoms with Crippen LogP contribution in [0.2, 0.25) is 5.02 Å². The van der Waals surface area contributed by atoms with Crippen LogP contribution in [0.25, 0.3) is 0 Å². The highest BCUT2D eigenvalue weighted by atomic mass is 79.9. The number of halogens is 3. The average molecular weight is 415 g/mol. The number of sulfonamides is 1. The van der Waals surface area contributed by atoms with Crippen molar-refractivity contribution in [3.8, 4) is 0 Å². The molecule has 0 unspecified atom stereocenters. The Bertz CT molecular complexity index is 589. The number of benzene rings is 1. The SMILES string of the molecule is O=S(=O)(c1ccc(Br)cc1Cl)N(CCCl)C1CCCCC1. The van der Waals surface area contributed by atoms with Crippen LogP contribution < -0.4 is 0 Å². The standard InChI is InChI=1S/C14H18BrCl2NO2S/c15-11-6-7-14(13(17)10-11)21(19,20)18(9-8-16)12-4-2-1-3-5-12/h6-7,10,12H,1-5,8-9H2. The van der Waals surface area contributed by atoms with E-state index >= 15 is 0 Å². The molecule has 0 heterocycles. The van der Waals surface area contributed by atoms with Crippen molar-refractivity contribution >= 4 is 49.2 Å². The van der Waals surface area contributed by atoms with E-state index in [0.29, 0.717) is 6.54 Å². The van der Waals surface area contributed by atoms with Crippen LogP contribution in [-0.2, 0) is 10.0 Å². The zero-order valence-electron chi connectivity index (χ0n) is 11.6. The van der Waals surface area contributed by atoms with Crippen LogP contribution in [0, 0.1) is 0 Å². The van der Waals surface area contributed by atoms with Crippen LogP contribution in [0.3, 0.4) is 0 Å². The highest BCUT2D eigenvalue weighted by Gasteiger charge is 2.33. The van der Waals surface area contributed by atoms with Gasteiger partial charge < -0.3 is 0 Å². The molecule has 1 aromatic carbocycles. The monoisotopic (exact) mass is 413 g/mol. The van der Waals surface area contributed by atoms with E-state index in [1.165, 1.54) is 10.7 Å². The second-order valence-corrected chi connectivity index (χ2v) is 8.73. The van der Waals surface area contributed by atoms with Crippen LogP contribution >= 0.6 is 39.1 Å². The molecule has 7 heteroatoms. The van der Waals surface area contributed by atoms with Crippen LogP contribution in [0.5, 0.6) is 0 Å². The van der Waals surface area contributed by atoms with Gasteiger partial charge in [0.2, 0.25) is 10.0 Å². The molecule has 3 nitrogen and oxygen atoms in total. The van der Waals surface area contributed by atoms with Gasteiger partial charge in [-0.15, -0.1) is 11.6 Å². The first-order valence-electron chi connectivity index (χ1n) is 6.99. The normalized spacial score (nSPS) is 17.3. The van der Waals surface area contributed by atoms with Gasteiger partial charge in [-0.2, -0.15) is 4.31 Å². The first-order valence-corrected chi connectivity index (χ1v) is 10.1. The largest absolute Gasteiger partial charge is 0.244 e. The molecule has 0 atom stereocenters. The minimum atomic E-state index is -3.61. The zero-order chi connectivity index (χ0) is 15.5. The molecule has 0 bridgehead atoms. The molecule has 0 aromatic heterocycles. The van der Waals surface area contributed by atoms with Gasteiger partial charge in [0.25, 0.3) is 0 Å². The van der Waals surface area contributed by atoms with E-state index in [2.05, 4.69) is 15.9 Å². The Labute approximate surface area is 144 Å². The van der Waals surface area contributed by atoms with Gasteiger partial charge in [-0.3, -0.25) is 0 Å². The van der Waals surface area contributed by atoms with Gasteiger partial charge in [-0.05, 0) is 31.0 Å². The maximum atomic E-state index is 12.9. The fourth-order valence-corrected chi connectivity index (χ4v) is 5.74. The lowest BCUT2D eigenvalue weighted by Gasteiger charge is -2.33. The van der Waals surface area contributed by atoms with Crippen molar-refractivity contribution in [1.29, 1.82) is 0 Å². The summed E-state index contributed by atoms with van der Waals surface area (Å²) in [4.78, 5) is 0.156. The molecule has 0 radical (unpaired) electrons. The van der Waals surface area contributed by atoms with Gasteiger partial charge in [0, 0.05) is 22.9 Å². The predicted molar refractivity (Wildman–Crippen MR) is 90.6 cm³/mol. The Morgan fingerprint density at radius 3 is 2.48 bits per heavy atom. The van der Waals surface area contributed by atoms with Crippen LogP contribution in [-0.4, -0.2) is 31.2 Å². The predicted octanol–water partition coefficient (Wildman–Crippen LogP) is 4.66. The summed E-state index contributed by atoms with van der Waals surface area (Å²) in [7, 11) is -3.61. The Kier molecular flexibility index (Phi) is 6.38. The lowest BCUT2D eigenvalue weighted by atomic mass is 9.95. The molecule has 1 aliphatic carbocycles. The molecule has 0 spiro atoms. The van der Waals surface area contributed by atoms with Crippen molar-refractivity contribution in [2.24, 2.45) is 0 Å². The highest BCUT2D eigenvalue weighted by Crippen LogP contribution is 2.32. The Morgan fingerprint density at radius 2 is 1.90 bits per heavy atom. The van der Waals surface area contributed by atoms with Crippen molar-refractivity contribution < 1.29 is 8.42 Å². The molecule has 1 fully saturated rings. The van der Waals surface area contributed by atoms with Crippen molar-refractivity contribution in [3.63, 3.8) is 0 Å². The Morgan fingerprint density at radius 1 is 1.24 bits per heavy atom. The number of rotatable bonds is 5. The molecule has 1 saturated carbocycles. The van der Waals surface area contributed by atoms with Crippen LogP contribution in [0.15, 0.2) is 27.6 Å². The van der Waals surface area contributed by atoms with Gasteiger partial charge in [0.1, 0.15) is 4.90 Å². The molecule has 21 heavy (non-hydrogen) atoms. The smallest absolute Gasteiger partial charge is 0.207 e. The van der Waals surface area contributed by atoms with E-state index in [0.717, 1.165) is 30.2 Å². The minimum Gasteiger partial charge on any atom is -0.207 e. The topological polar surface area (TPSA) is 37.4 Å². The van der Waals surface area contributed by atoms with Crippen molar-refractivity contribution in [3.05, 3.63) is 27.7 Å². The third-order valence-electron chi connectivity index (χ3n) is 3.77. The summed E-state index contributed by atoms with van der Waals surface area (Å²) in [5, 5.41) is 0.236. The lowest BCUT2D eigenvalue weighted by Crippen LogP contribution is -2.42. The summed E-state index contributed by atoms with van der Waals surface area (Å²) in [5.74, 6) is 0.282. The van der Waals surface area contributed by atoms with Crippen molar-refractivity contribution in [1.82, 2.24) is 4.31 Å². The van der Waals surface area contributed by atoms with E-state index in [1.807, 2.05) is 0 Å². The quantitative estimate of drug-likeness (QED) is 0.656. The van der Waals surface area contributed by atoms with E-state index in [1.54, 1.807) is 18.2 Å². The molecule has 1 aliphatic rings. The van der Waals surface area contributed by atoms with Crippen LogP contribution in [0.4, 0.5) is 0 Å². The second kappa shape index (κ2) is 7.64. The van der Waals surface area contributed by atoms with E-state index in [9.17, 15) is 8.42 Å². The number of hydrogen-bond donors (Lipinski definition) is 0. The molecular formula is C14H18BrCl2NO2S. The summed E-state index contributed by atoms with van der Waals surface area (Å²) in [6, 6.07) is 4.88. The molecule has 0 saturated heterocycles.